The van der Waals surface area contributed by atoms with Crippen LogP contribution in [0.25, 0.3) is 98.7 Å². The predicted octanol–water partition coefficient (Wildman–Crippen LogP) is 15.4. The van der Waals surface area contributed by atoms with Crippen molar-refractivity contribution in [3.05, 3.63) is 188 Å². The molecule has 0 aliphatic rings. The van der Waals surface area contributed by atoms with Crippen LogP contribution >= 0.6 is 21.4 Å². The molecular weight excluding hydrogens is 838 g/mol. The lowest BCUT2D eigenvalue weighted by molar-refractivity contribution is 0.587. The van der Waals surface area contributed by atoms with Crippen molar-refractivity contribution < 1.29 is 13.7 Å². The lowest BCUT2D eigenvalue weighted by Crippen LogP contribution is -2.02. The van der Waals surface area contributed by atoms with E-state index in [4.69, 9.17) is 0 Å². The highest BCUT2D eigenvalue weighted by Gasteiger charge is 2.22. The quantitative estimate of drug-likeness (QED) is 0.113. The van der Waals surface area contributed by atoms with E-state index in [1.807, 2.05) is 76.4 Å². The summed E-state index contributed by atoms with van der Waals surface area (Å²) in [5.74, 6) is 0. The van der Waals surface area contributed by atoms with Crippen molar-refractivity contribution in [2.75, 3.05) is 40.0 Å². The minimum absolute atomic E-state index is 0.857. The molecule has 0 aliphatic heterocycles. The third kappa shape index (κ3) is 7.51. The van der Waals surface area contributed by atoms with E-state index in [-0.39, 0.29) is 0 Å². The molecule has 10 aromatic carbocycles. The van der Waals surface area contributed by atoms with Crippen LogP contribution in [-0.4, -0.2) is 40.0 Å². The van der Waals surface area contributed by atoms with Gasteiger partial charge in [0.05, 0.1) is 0 Å². The van der Waals surface area contributed by atoms with Gasteiger partial charge < -0.3 is 13.7 Å². The van der Waals surface area contributed by atoms with Crippen molar-refractivity contribution in [3.63, 3.8) is 0 Å². The molecule has 10 rings (SSSR count). The molecule has 0 radical (unpaired) electrons. The minimum atomic E-state index is -2.46. The largest absolute Gasteiger partial charge is 0.319 e. The summed E-state index contributed by atoms with van der Waals surface area (Å²) >= 11 is 0. The summed E-state index contributed by atoms with van der Waals surface area (Å²) in [4.78, 5) is 0. The topological polar surface area (TPSA) is 51.2 Å². The maximum atomic E-state index is 13.2. The zero-order valence-electron chi connectivity index (χ0n) is 37.0. The first-order valence-electron chi connectivity index (χ1n) is 21.7. The van der Waals surface area contributed by atoms with E-state index < -0.39 is 21.4 Å². The van der Waals surface area contributed by atoms with Gasteiger partial charge in [-0.1, -0.05) is 170 Å². The average Bonchev–Trinajstić information content (AvgIpc) is 3.29. The molecule has 0 fully saturated rings. The van der Waals surface area contributed by atoms with Crippen molar-refractivity contribution in [2.45, 2.75) is 0 Å². The van der Waals surface area contributed by atoms with Gasteiger partial charge in [0.1, 0.15) is 21.4 Å². The first kappa shape index (κ1) is 41.9. The summed E-state index contributed by atoms with van der Waals surface area (Å²) < 4.78 is 39.3. The molecule has 0 unspecified atom stereocenters. The normalized spacial score (nSPS) is 12.4. The second-order valence-corrected chi connectivity index (χ2v) is 27.8. The van der Waals surface area contributed by atoms with Crippen molar-refractivity contribution in [3.8, 4) is 55.6 Å². The lowest BCUT2D eigenvalue weighted by atomic mass is 9.82. The number of rotatable bonds is 8. The molecule has 0 atom stereocenters. The number of hydrogen-bond donors (Lipinski definition) is 0. The highest BCUT2D eigenvalue weighted by atomic mass is 31.2. The summed E-state index contributed by atoms with van der Waals surface area (Å²) in [6.45, 7) is 10.9. The van der Waals surface area contributed by atoms with Crippen molar-refractivity contribution in [1.29, 1.82) is 0 Å². The molecule has 0 N–H and O–H groups in total. The fraction of sp³-hybridized carbons (Fsp3) is 0.103. The summed E-state index contributed by atoms with van der Waals surface area (Å²) in [5.41, 5.74) is 11.1. The molecule has 0 aliphatic carbocycles. The van der Waals surface area contributed by atoms with Crippen LogP contribution in [0.2, 0.25) is 0 Å². The maximum Gasteiger partial charge on any atom is 0.109 e. The Morgan fingerprint density at radius 2 is 0.438 bits per heavy atom. The Morgan fingerprint density at radius 1 is 0.234 bits per heavy atom. The average molecular weight is 887 g/mol. The first-order chi connectivity index (χ1) is 30.6. The zero-order chi connectivity index (χ0) is 44.5. The standard InChI is InChI=1S/C58H49O3P3/c1-62(2,59)44-29-23-38(24-30-44)41-35-42(57-51-19-11-7-15-47(51)55(48-16-8-12-20-52(48)57)39-25-31-45(32-26-39)63(3,4)60)37-43(36-41)58-53-21-13-9-17-49(53)56(50-18-10-14-22-54(50)58)40-27-33-46(34-28-40)64(5,6)61/h7-37H,1-6H3. The summed E-state index contributed by atoms with van der Waals surface area (Å²) in [6.07, 6.45) is 0. The summed E-state index contributed by atoms with van der Waals surface area (Å²) in [6, 6.07) is 66.7. The molecular formula is C58H49O3P3. The van der Waals surface area contributed by atoms with Crippen LogP contribution in [0.15, 0.2) is 188 Å². The Hall–Kier alpha value is -6.07. The second kappa shape index (κ2) is 15.9. The highest BCUT2D eigenvalue weighted by Crippen LogP contribution is 2.49. The van der Waals surface area contributed by atoms with Gasteiger partial charge in [-0.15, -0.1) is 0 Å². The van der Waals surface area contributed by atoms with Gasteiger partial charge in [-0.3, -0.25) is 0 Å². The third-order valence-electron chi connectivity index (χ3n) is 12.8. The van der Waals surface area contributed by atoms with Gasteiger partial charge in [0.2, 0.25) is 0 Å². The van der Waals surface area contributed by atoms with Crippen molar-refractivity contribution >= 4 is 80.4 Å². The molecule has 6 heteroatoms. The van der Waals surface area contributed by atoms with Gasteiger partial charge in [-0.05, 0) is 157 Å². The predicted molar refractivity (Wildman–Crippen MR) is 281 cm³/mol. The molecule has 0 spiro atoms. The number of benzene rings is 10. The van der Waals surface area contributed by atoms with E-state index >= 15 is 0 Å². The molecule has 64 heavy (non-hydrogen) atoms. The van der Waals surface area contributed by atoms with Crippen LogP contribution in [-0.2, 0) is 13.7 Å². The molecule has 0 aromatic heterocycles. The second-order valence-electron chi connectivity index (χ2n) is 18.2. The SMILES string of the molecule is CP(C)(=O)c1ccc(-c2cc(-c3c4ccccc4c(-c4ccc(P(C)(C)=O)cc4)c4ccccc34)cc(-c3c4ccccc4c(-c4ccc(P(C)(C)=O)cc4)c4ccccc34)c2)cc1. The van der Waals surface area contributed by atoms with Crippen LogP contribution in [0.1, 0.15) is 0 Å². The monoisotopic (exact) mass is 886 g/mol. The van der Waals surface area contributed by atoms with E-state index in [1.54, 1.807) is 0 Å². The molecule has 0 saturated heterocycles. The Morgan fingerprint density at radius 3 is 0.672 bits per heavy atom. The smallest absolute Gasteiger partial charge is 0.109 e. The lowest BCUT2D eigenvalue weighted by Gasteiger charge is -2.21. The van der Waals surface area contributed by atoms with E-state index in [2.05, 4.69) is 152 Å². The van der Waals surface area contributed by atoms with Gasteiger partial charge in [0.15, 0.2) is 0 Å². The highest BCUT2D eigenvalue weighted by molar-refractivity contribution is 7.70. The van der Waals surface area contributed by atoms with Gasteiger partial charge >= 0.3 is 0 Å². The molecule has 0 bridgehead atoms. The van der Waals surface area contributed by atoms with Crippen LogP contribution in [0.5, 0.6) is 0 Å². The van der Waals surface area contributed by atoms with Crippen LogP contribution in [0.3, 0.4) is 0 Å². The minimum Gasteiger partial charge on any atom is -0.319 e. The van der Waals surface area contributed by atoms with Crippen molar-refractivity contribution in [1.82, 2.24) is 0 Å². The van der Waals surface area contributed by atoms with Crippen molar-refractivity contribution in [2.24, 2.45) is 0 Å². The fourth-order valence-electron chi connectivity index (χ4n) is 9.57. The fourth-order valence-corrected chi connectivity index (χ4v) is 12.2. The van der Waals surface area contributed by atoms with Crippen LogP contribution < -0.4 is 15.9 Å². The van der Waals surface area contributed by atoms with E-state index in [1.165, 1.54) is 0 Å². The maximum absolute atomic E-state index is 13.2. The van der Waals surface area contributed by atoms with Crippen LogP contribution in [0, 0.1) is 0 Å². The Labute approximate surface area is 376 Å². The Balaban J connectivity index is 1.29. The first-order valence-corrected chi connectivity index (χ1v) is 29.5. The Bertz CT molecular complexity index is 3310. The van der Waals surface area contributed by atoms with E-state index in [9.17, 15) is 13.7 Å². The molecule has 0 amide bonds. The van der Waals surface area contributed by atoms with E-state index in [0.29, 0.717) is 0 Å². The van der Waals surface area contributed by atoms with Crippen LogP contribution in [0.4, 0.5) is 0 Å². The summed E-state index contributed by atoms with van der Waals surface area (Å²) in [7, 11) is -7.32. The van der Waals surface area contributed by atoms with E-state index in [0.717, 1.165) is 115 Å². The molecule has 3 nitrogen and oxygen atoms in total. The van der Waals surface area contributed by atoms with Gasteiger partial charge in [-0.2, -0.15) is 0 Å². The zero-order valence-corrected chi connectivity index (χ0v) is 39.6. The summed E-state index contributed by atoms with van der Waals surface area (Å²) in [5, 5.41) is 11.8. The molecule has 314 valence electrons. The van der Waals surface area contributed by atoms with Gasteiger partial charge in [-0.25, -0.2) is 0 Å². The Kier molecular flexibility index (Phi) is 10.4. The molecule has 0 saturated carbocycles. The number of fused-ring (bicyclic) bond motifs is 4. The molecule has 0 heterocycles. The molecule has 10 aromatic rings. The number of hydrogen-bond acceptors (Lipinski definition) is 3. The third-order valence-corrected chi connectivity index (χ3v) is 17.4. The van der Waals surface area contributed by atoms with Gasteiger partial charge in [0, 0.05) is 15.9 Å². The van der Waals surface area contributed by atoms with Gasteiger partial charge in [0.25, 0.3) is 0 Å².